The van der Waals surface area contributed by atoms with Crippen molar-refractivity contribution in [1.82, 2.24) is 9.80 Å². The molecule has 0 N–H and O–H groups in total. The third-order valence-corrected chi connectivity index (χ3v) is 6.28. The monoisotopic (exact) mass is 514 g/mol. The lowest BCUT2D eigenvalue weighted by Crippen LogP contribution is -2.43. The summed E-state index contributed by atoms with van der Waals surface area (Å²) in [7, 11) is 0. The molecule has 0 aliphatic carbocycles. The van der Waals surface area contributed by atoms with E-state index < -0.39 is 0 Å². The van der Waals surface area contributed by atoms with E-state index in [-0.39, 0.29) is 47.4 Å². The molecule has 2 amide bonds. The van der Waals surface area contributed by atoms with Crippen molar-refractivity contribution in [3.63, 3.8) is 0 Å². The van der Waals surface area contributed by atoms with Gasteiger partial charge < -0.3 is 28.7 Å². The van der Waals surface area contributed by atoms with Crippen LogP contribution in [0.2, 0.25) is 0 Å². The third kappa shape index (κ3) is 11.2. The molecule has 0 saturated carbocycles. The Bertz CT molecular complexity index is 631. The number of carbonyl (C=O) groups excluding carboxylic acids is 4. The molecule has 4 atom stereocenters. The summed E-state index contributed by atoms with van der Waals surface area (Å²) in [5.74, 6) is -2.03. The smallest absolute Gasteiger partial charge is 0.308 e. The van der Waals surface area contributed by atoms with Gasteiger partial charge in [-0.3, -0.25) is 19.2 Å². The highest BCUT2D eigenvalue weighted by atomic mass is 16.5. The van der Waals surface area contributed by atoms with Crippen LogP contribution in [0.3, 0.4) is 0 Å². The zero-order chi connectivity index (χ0) is 27.1. The fraction of sp³-hybridized carbons (Fsp3) is 0.846. The summed E-state index contributed by atoms with van der Waals surface area (Å²) in [5, 5.41) is 0. The number of hydrogen-bond acceptors (Lipinski definition) is 8. The van der Waals surface area contributed by atoms with Crippen LogP contribution in [0.4, 0.5) is 0 Å². The molecule has 36 heavy (non-hydrogen) atoms. The van der Waals surface area contributed by atoms with Crippen molar-refractivity contribution >= 4 is 23.8 Å². The Labute approximate surface area is 215 Å². The summed E-state index contributed by atoms with van der Waals surface area (Å²) in [6.45, 7) is 14.3. The second-order valence-corrected chi connectivity index (χ2v) is 9.46. The molecule has 0 bridgehead atoms. The van der Waals surface area contributed by atoms with E-state index in [1.54, 1.807) is 37.5 Å². The predicted octanol–water partition coefficient (Wildman–Crippen LogP) is 2.14. The van der Waals surface area contributed by atoms with E-state index in [2.05, 4.69) is 0 Å². The number of carbonyl (C=O) groups is 4. The molecule has 208 valence electrons. The molecule has 0 radical (unpaired) electrons. The fourth-order valence-electron chi connectivity index (χ4n) is 4.21. The average Bonchev–Trinajstić information content (AvgIpc) is 2.83. The van der Waals surface area contributed by atoms with Crippen molar-refractivity contribution in [2.75, 3.05) is 65.8 Å². The fourth-order valence-corrected chi connectivity index (χ4v) is 4.21. The van der Waals surface area contributed by atoms with E-state index in [0.29, 0.717) is 78.7 Å². The Balaban J connectivity index is 2.60. The summed E-state index contributed by atoms with van der Waals surface area (Å²) in [5.41, 5.74) is 0. The Morgan fingerprint density at radius 2 is 0.917 bits per heavy atom. The molecular formula is C26H46N2O8. The van der Waals surface area contributed by atoms with Crippen LogP contribution >= 0.6 is 0 Å². The second kappa shape index (κ2) is 17.3. The molecule has 0 aromatic carbocycles. The first-order chi connectivity index (χ1) is 17.1. The van der Waals surface area contributed by atoms with Crippen LogP contribution in [0, 0.1) is 23.7 Å². The second-order valence-electron chi connectivity index (χ2n) is 9.46. The Kier molecular flexibility index (Phi) is 15.3. The minimum atomic E-state index is -0.352. The normalized spacial score (nSPS) is 19.2. The van der Waals surface area contributed by atoms with Crippen molar-refractivity contribution in [3.8, 4) is 0 Å². The molecule has 0 unspecified atom stereocenters. The van der Waals surface area contributed by atoms with Crippen LogP contribution in [0.15, 0.2) is 0 Å². The summed E-state index contributed by atoms with van der Waals surface area (Å²) in [4.78, 5) is 53.3. The van der Waals surface area contributed by atoms with Crippen LogP contribution in [0.1, 0.15) is 54.4 Å². The lowest BCUT2D eigenvalue weighted by molar-refractivity contribution is -0.149. The van der Waals surface area contributed by atoms with Crippen molar-refractivity contribution in [2.24, 2.45) is 23.7 Å². The van der Waals surface area contributed by atoms with Gasteiger partial charge in [-0.2, -0.15) is 0 Å². The standard InChI is InChI=1S/C26H46N2O8/c1-7-35-25(31)21(5)17-19(3)23(29)27-9-13-33-15-11-28(12-16-34-14-10-27)24(30)20(4)18-22(6)26(32)36-8-2/h19-22H,7-18H2,1-6H3/t19-,20-,21+,22+/m0/s1. The predicted molar refractivity (Wildman–Crippen MR) is 134 cm³/mol. The van der Waals surface area contributed by atoms with Crippen molar-refractivity contribution in [3.05, 3.63) is 0 Å². The van der Waals surface area contributed by atoms with Crippen molar-refractivity contribution in [2.45, 2.75) is 54.4 Å². The number of ether oxygens (including phenoxy) is 4. The van der Waals surface area contributed by atoms with Crippen molar-refractivity contribution < 1.29 is 38.1 Å². The molecule has 10 nitrogen and oxygen atoms in total. The average molecular weight is 515 g/mol. The first-order valence-corrected chi connectivity index (χ1v) is 13.2. The van der Waals surface area contributed by atoms with Crippen molar-refractivity contribution in [1.29, 1.82) is 0 Å². The van der Waals surface area contributed by atoms with E-state index in [1.807, 2.05) is 13.8 Å². The van der Waals surface area contributed by atoms with Gasteiger partial charge in [-0.05, 0) is 26.7 Å². The molecule has 10 heteroatoms. The maximum atomic E-state index is 13.0. The highest BCUT2D eigenvalue weighted by Crippen LogP contribution is 2.18. The summed E-state index contributed by atoms with van der Waals surface area (Å²) < 4.78 is 21.6. The lowest BCUT2D eigenvalue weighted by Gasteiger charge is -2.29. The van der Waals surface area contributed by atoms with Gasteiger partial charge in [0.15, 0.2) is 0 Å². The summed E-state index contributed by atoms with van der Waals surface area (Å²) in [6.07, 6.45) is 0.833. The maximum absolute atomic E-state index is 13.0. The lowest BCUT2D eigenvalue weighted by atomic mass is 9.96. The van der Waals surface area contributed by atoms with Gasteiger partial charge in [-0.25, -0.2) is 0 Å². The van der Waals surface area contributed by atoms with E-state index >= 15 is 0 Å². The Morgan fingerprint density at radius 3 is 1.19 bits per heavy atom. The number of nitrogens with zero attached hydrogens (tertiary/aromatic N) is 2. The van der Waals surface area contributed by atoms with Crippen LogP contribution in [-0.2, 0) is 38.1 Å². The number of rotatable bonds is 10. The molecule has 0 aromatic rings. The van der Waals surface area contributed by atoms with Gasteiger partial charge in [0.25, 0.3) is 0 Å². The molecule has 1 saturated heterocycles. The minimum absolute atomic E-state index is 0.0447. The van der Waals surface area contributed by atoms with Gasteiger partial charge in [0.05, 0.1) is 51.5 Å². The van der Waals surface area contributed by atoms with Crippen LogP contribution in [0.25, 0.3) is 0 Å². The van der Waals surface area contributed by atoms with Gasteiger partial charge >= 0.3 is 11.9 Å². The largest absolute Gasteiger partial charge is 0.466 e. The zero-order valence-electron chi connectivity index (χ0n) is 23.0. The number of hydrogen-bond donors (Lipinski definition) is 0. The van der Waals surface area contributed by atoms with E-state index in [4.69, 9.17) is 18.9 Å². The molecule has 0 aromatic heterocycles. The van der Waals surface area contributed by atoms with Crippen LogP contribution in [-0.4, -0.2) is 99.4 Å². The first-order valence-electron chi connectivity index (χ1n) is 13.2. The quantitative estimate of drug-likeness (QED) is 0.408. The van der Waals surface area contributed by atoms with Gasteiger partial charge in [0, 0.05) is 38.0 Å². The Morgan fingerprint density at radius 1 is 0.611 bits per heavy atom. The van der Waals surface area contributed by atoms with E-state index in [9.17, 15) is 19.2 Å². The number of esters is 2. The third-order valence-electron chi connectivity index (χ3n) is 6.28. The van der Waals surface area contributed by atoms with Crippen LogP contribution < -0.4 is 0 Å². The van der Waals surface area contributed by atoms with Gasteiger partial charge in [-0.15, -0.1) is 0 Å². The minimum Gasteiger partial charge on any atom is -0.466 e. The SMILES string of the molecule is CCOC(=O)[C@H](C)C[C@H](C)C(=O)N1CCOCCN(C(=O)[C@@H](C)C[C@@H](C)C(=O)OCC)CCOCC1. The summed E-state index contributed by atoms with van der Waals surface area (Å²) >= 11 is 0. The van der Waals surface area contributed by atoms with Crippen LogP contribution in [0.5, 0.6) is 0 Å². The van der Waals surface area contributed by atoms with E-state index in [1.165, 1.54) is 0 Å². The molecule has 1 rings (SSSR count). The summed E-state index contributed by atoms with van der Waals surface area (Å²) in [6, 6.07) is 0. The molecule has 1 aliphatic rings. The zero-order valence-corrected chi connectivity index (χ0v) is 23.0. The molecule has 1 aliphatic heterocycles. The highest BCUT2D eigenvalue weighted by Gasteiger charge is 2.27. The molecule has 1 heterocycles. The first kappa shape index (κ1) is 31.8. The van der Waals surface area contributed by atoms with Gasteiger partial charge in [0.1, 0.15) is 0 Å². The highest BCUT2D eigenvalue weighted by molar-refractivity contribution is 5.80. The molecule has 1 fully saturated rings. The molecular weight excluding hydrogens is 468 g/mol. The topological polar surface area (TPSA) is 112 Å². The number of amides is 2. The molecule has 0 spiro atoms. The Hall–Kier alpha value is -2.20. The van der Waals surface area contributed by atoms with Gasteiger partial charge in [0.2, 0.25) is 11.8 Å². The maximum Gasteiger partial charge on any atom is 0.308 e. The van der Waals surface area contributed by atoms with Gasteiger partial charge in [-0.1, -0.05) is 27.7 Å². The van der Waals surface area contributed by atoms with E-state index in [0.717, 1.165) is 0 Å².